The second-order valence-corrected chi connectivity index (χ2v) is 5.74. The van der Waals surface area contributed by atoms with Gasteiger partial charge in [-0.1, -0.05) is 0 Å². The monoisotopic (exact) mass is 347 g/mol. The molecule has 1 aromatic heterocycles. The quantitative estimate of drug-likeness (QED) is 0.316. The van der Waals surface area contributed by atoms with E-state index in [-0.39, 0.29) is 12.6 Å². The van der Waals surface area contributed by atoms with Crippen molar-refractivity contribution in [1.82, 2.24) is 9.55 Å². The van der Waals surface area contributed by atoms with E-state index >= 15 is 0 Å². The van der Waals surface area contributed by atoms with E-state index in [4.69, 9.17) is 4.74 Å². The van der Waals surface area contributed by atoms with E-state index in [0.717, 1.165) is 13.1 Å². The number of aromatic nitrogens is 2. The lowest BCUT2D eigenvalue weighted by Gasteiger charge is -2.14. The molecule has 0 saturated carbocycles. The van der Waals surface area contributed by atoms with E-state index in [1.54, 1.807) is 0 Å². The molecule has 0 aliphatic rings. The molecule has 126 valence electrons. The van der Waals surface area contributed by atoms with Gasteiger partial charge in [0.25, 0.3) is 0 Å². The average Bonchev–Trinajstić information content (AvgIpc) is 2.69. The SMILES string of the molecule is Cc1nc([N+](=O)[O-])cn1COCC(C)OS(=O)(=O)C(F)(F)F. The lowest BCUT2D eigenvalue weighted by Crippen LogP contribution is -2.31. The molecule has 0 N–H and O–H groups in total. The summed E-state index contributed by atoms with van der Waals surface area (Å²) in [4.78, 5) is 13.4. The first-order valence-electron chi connectivity index (χ1n) is 5.69. The second kappa shape index (κ2) is 6.58. The van der Waals surface area contributed by atoms with Gasteiger partial charge < -0.3 is 14.9 Å². The van der Waals surface area contributed by atoms with Crippen LogP contribution in [-0.2, 0) is 25.8 Å². The molecule has 13 heteroatoms. The van der Waals surface area contributed by atoms with Gasteiger partial charge in [-0.05, 0) is 16.8 Å². The number of rotatable bonds is 7. The van der Waals surface area contributed by atoms with Crippen LogP contribution in [0.5, 0.6) is 0 Å². The van der Waals surface area contributed by atoms with Gasteiger partial charge >= 0.3 is 21.4 Å². The molecule has 22 heavy (non-hydrogen) atoms. The molecule has 0 aliphatic heterocycles. The molecular formula is C9H12F3N3O6S. The minimum atomic E-state index is -5.70. The van der Waals surface area contributed by atoms with Crippen molar-refractivity contribution < 1.29 is 35.4 Å². The highest BCUT2D eigenvalue weighted by atomic mass is 32.2. The van der Waals surface area contributed by atoms with Crippen molar-refractivity contribution in [3.8, 4) is 0 Å². The number of halogens is 3. The Morgan fingerprint density at radius 1 is 1.50 bits per heavy atom. The summed E-state index contributed by atoms with van der Waals surface area (Å²) < 4.78 is 67.8. The standard InChI is InChI=1S/C9H12F3N3O6S/c1-6(21-22(18,19)9(10,11)12)4-20-5-14-3-8(15(16)17)13-7(14)2/h3,6H,4-5H2,1-2H3. The molecule has 0 radical (unpaired) electrons. The maximum atomic E-state index is 12.1. The first-order chi connectivity index (χ1) is 9.94. The highest BCUT2D eigenvalue weighted by molar-refractivity contribution is 7.87. The molecule has 0 aliphatic carbocycles. The van der Waals surface area contributed by atoms with E-state index < -0.39 is 39.1 Å². The maximum Gasteiger partial charge on any atom is 0.523 e. The molecular weight excluding hydrogens is 335 g/mol. The Morgan fingerprint density at radius 3 is 2.55 bits per heavy atom. The van der Waals surface area contributed by atoms with Crippen LogP contribution >= 0.6 is 0 Å². The summed E-state index contributed by atoms with van der Waals surface area (Å²) in [7, 11) is -5.70. The number of ether oxygens (including phenoxy) is 1. The summed E-state index contributed by atoms with van der Waals surface area (Å²) in [6.45, 7) is 1.81. The fourth-order valence-electron chi connectivity index (χ4n) is 1.33. The largest absolute Gasteiger partial charge is 0.523 e. The van der Waals surface area contributed by atoms with Crippen LogP contribution in [0.25, 0.3) is 0 Å². The van der Waals surface area contributed by atoms with Gasteiger partial charge in [-0.25, -0.2) is 0 Å². The fraction of sp³-hybridized carbons (Fsp3) is 0.667. The first-order valence-corrected chi connectivity index (χ1v) is 7.10. The Labute approximate surface area is 122 Å². The Morgan fingerprint density at radius 2 is 2.09 bits per heavy atom. The highest BCUT2D eigenvalue weighted by Crippen LogP contribution is 2.25. The average molecular weight is 347 g/mol. The van der Waals surface area contributed by atoms with Crippen LogP contribution in [0.15, 0.2) is 6.20 Å². The van der Waals surface area contributed by atoms with Gasteiger partial charge in [0.15, 0.2) is 0 Å². The van der Waals surface area contributed by atoms with Gasteiger partial charge in [0.1, 0.15) is 12.9 Å². The van der Waals surface area contributed by atoms with Crippen molar-refractivity contribution in [3.05, 3.63) is 22.1 Å². The zero-order chi connectivity index (χ0) is 17.1. The van der Waals surface area contributed by atoms with Crippen molar-refractivity contribution in [1.29, 1.82) is 0 Å². The highest BCUT2D eigenvalue weighted by Gasteiger charge is 2.48. The van der Waals surface area contributed by atoms with Gasteiger partial charge in [-0.3, -0.25) is 8.75 Å². The normalized spacial score (nSPS) is 14.0. The summed E-state index contributed by atoms with van der Waals surface area (Å²) in [6.07, 6.45) is -0.307. The molecule has 0 spiro atoms. The molecule has 0 fully saturated rings. The molecule has 0 aromatic carbocycles. The number of nitro groups is 1. The summed E-state index contributed by atoms with van der Waals surface area (Å²) in [6, 6.07) is 0. The molecule has 9 nitrogen and oxygen atoms in total. The Hall–Kier alpha value is -1.73. The van der Waals surface area contributed by atoms with Gasteiger partial charge in [0, 0.05) is 6.92 Å². The number of nitrogens with zero attached hydrogens (tertiary/aromatic N) is 3. The zero-order valence-corrected chi connectivity index (χ0v) is 12.2. The third kappa shape index (κ3) is 4.64. The second-order valence-electron chi connectivity index (χ2n) is 4.18. The number of imidazole rings is 1. The van der Waals surface area contributed by atoms with Crippen LogP contribution in [0.1, 0.15) is 12.7 Å². The van der Waals surface area contributed by atoms with E-state index in [0.29, 0.717) is 0 Å². The minimum absolute atomic E-state index is 0.253. The van der Waals surface area contributed by atoms with Crippen LogP contribution in [0.3, 0.4) is 0 Å². The summed E-state index contributed by atoms with van der Waals surface area (Å²) in [5, 5.41) is 10.5. The van der Waals surface area contributed by atoms with Crippen LogP contribution < -0.4 is 0 Å². The summed E-state index contributed by atoms with van der Waals surface area (Å²) >= 11 is 0. The van der Waals surface area contributed by atoms with Crippen LogP contribution in [0, 0.1) is 17.0 Å². The number of hydrogen-bond donors (Lipinski definition) is 0. The fourth-order valence-corrected chi connectivity index (χ4v) is 1.92. The molecule has 1 heterocycles. The topological polar surface area (TPSA) is 114 Å². The predicted octanol–water partition coefficient (Wildman–Crippen LogP) is 1.33. The number of alkyl halides is 3. The Bertz CT molecular complexity index is 642. The summed E-state index contributed by atoms with van der Waals surface area (Å²) in [5.41, 5.74) is -5.51. The van der Waals surface area contributed by atoms with Gasteiger partial charge in [0.2, 0.25) is 5.82 Å². The lowest BCUT2D eigenvalue weighted by atomic mass is 10.4. The number of aryl methyl sites for hydroxylation is 1. The maximum absolute atomic E-state index is 12.1. The predicted molar refractivity (Wildman–Crippen MR) is 65.1 cm³/mol. The Kier molecular flexibility index (Phi) is 5.48. The van der Waals surface area contributed by atoms with E-state index in [1.165, 1.54) is 11.5 Å². The summed E-state index contributed by atoms with van der Waals surface area (Å²) in [5.74, 6) is -0.159. The van der Waals surface area contributed by atoms with Gasteiger partial charge in [-0.2, -0.15) is 21.6 Å². The number of hydrogen-bond acceptors (Lipinski definition) is 7. The molecule has 0 amide bonds. The van der Waals surface area contributed by atoms with Crippen LogP contribution in [0.4, 0.5) is 19.0 Å². The van der Waals surface area contributed by atoms with Crippen molar-refractivity contribution >= 4 is 15.9 Å². The van der Waals surface area contributed by atoms with Gasteiger partial charge in [-0.15, -0.1) is 0 Å². The third-order valence-electron chi connectivity index (χ3n) is 2.31. The van der Waals surface area contributed by atoms with Crippen molar-refractivity contribution in [2.24, 2.45) is 0 Å². The molecule has 1 rings (SSSR count). The minimum Gasteiger partial charge on any atom is -0.358 e. The van der Waals surface area contributed by atoms with Crippen LogP contribution in [0.2, 0.25) is 0 Å². The van der Waals surface area contributed by atoms with Crippen molar-refractivity contribution in [3.63, 3.8) is 0 Å². The Balaban J connectivity index is 2.53. The molecule has 1 aromatic rings. The molecule has 0 saturated heterocycles. The molecule has 1 atom stereocenters. The van der Waals surface area contributed by atoms with E-state index in [2.05, 4.69) is 9.17 Å². The van der Waals surface area contributed by atoms with E-state index in [1.807, 2.05) is 0 Å². The molecule has 1 unspecified atom stereocenters. The van der Waals surface area contributed by atoms with E-state index in [9.17, 15) is 31.7 Å². The molecule has 0 bridgehead atoms. The lowest BCUT2D eigenvalue weighted by molar-refractivity contribution is -0.389. The van der Waals surface area contributed by atoms with Crippen molar-refractivity contribution in [2.45, 2.75) is 32.2 Å². The van der Waals surface area contributed by atoms with Gasteiger partial charge in [0.05, 0.1) is 12.7 Å². The van der Waals surface area contributed by atoms with Crippen LogP contribution in [-0.4, -0.2) is 41.1 Å². The smallest absolute Gasteiger partial charge is 0.358 e. The van der Waals surface area contributed by atoms with Crippen molar-refractivity contribution in [2.75, 3.05) is 6.61 Å². The third-order valence-corrected chi connectivity index (χ3v) is 3.46. The first kappa shape index (κ1) is 18.3. The zero-order valence-electron chi connectivity index (χ0n) is 11.4.